The summed E-state index contributed by atoms with van der Waals surface area (Å²) in [4.78, 5) is 20.2. The molecular formula is C32H30ClN3O2. The monoisotopic (exact) mass is 523 g/mol. The van der Waals surface area contributed by atoms with Gasteiger partial charge in [-0.25, -0.2) is 0 Å². The third-order valence-electron chi connectivity index (χ3n) is 7.48. The number of anilines is 1. The number of nitrogens with zero attached hydrogens (tertiary/aromatic N) is 3. The van der Waals surface area contributed by atoms with Gasteiger partial charge in [-0.2, -0.15) is 0 Å². The molecule has 4 aromatic carbocycles. The quantitative estimate of drug-likeness (QED) is 0.288. The molecule has 2 fully saturated rings. The van der Waals surface area contributed by atoms with Gasteiger partial charge in [-0.1, -0.05) is 66.2 Å². The molecule has 0 spiro atoms. The molecule has 6 rings (SSSR count). The van der Waals surface area contributed by atoms with Gasteiger partial charge in [0.2, 0.25) is 0 Å². The normalized spacial score (nSPS) is 18.2. The highest BCUT2D eigenvalue weighted by molar-refractivity contribution is 6.30. The first kappa shape index (κ1) is 24.5. The van der Waals surface area contributed by atoms with E-state index in [2.05, 4.69) is 52.3 Å². The van der Waals surface area contributed by atoms with E-state index in [0.29, 0.717) is 17.6 Å². The van der Waals surface area contributed by atoms with E-state index in [0.717, 1.165) is 43.2 Å². The summed E-state index contributed by atoms with van der Waals surface area (Å²) in [7, 11) is 0. The van der Waals surface area contributed by atoms with E-state index in [4.69, 9.17) is 16.3 Å². The Bertz CT molecular complexity index is 1380. The molecule has 2 aliphatic rings. The Morgan fingerprint density at radius 3 is 2.16 bits per heavy atom. The number of ether oxygens (including phenoxy) is 1. The lowest BCUT2D eigenvalue weighted by Gasteiger charge is -2.52. The standard InChI is InChI=1S/C32H30ClN3O2/c33-26-12-7-13-30(20-26)38-29-16-14-27(15-17-29)35-21-28(22-35)36-19-18-34(32(37)25-10-5-2-6-11-25)23-31(36)24-8-3-1-4-9-24/h1-17,20,28,31H,18-19,21-23H2. The highest BCUT2D eigenvalue weighted by Gasteiger charge is 2.40. The van der Waals surface area contributed by atoms with Gasteiger partial charge in [-0.15, -0.1) is 0 Å². The van der Waals surface area contributed by atoms with Crippen LogP contribution in [-0.4, -0.2) is 54.5 Å². The van der Waals surface area contributed by atoms with Crippen molar-refractivity contribution in [3.05, 3.63) is 125 Å². The minimum Gasteiger partial charge on any atom is -0.457 e. The summed E-state index contributed by atoms with van der Waals surface area (Å²) in [5.41, 5.74) is 3.21. The molecule has 0 aromatic heterocycles. The van der Waals surface area contributed by atoms with Gasteiger partial charge >= 0.3 is 0 Å². The zero-order chi connectivity index (χ0) is 25.9. The molecule has 0 radical (unpaired) electrons. The van der Waals surface area contributed by atoms with Crippen LogP contribution in [0.1, 0.15) is 22.0 Å². The van der Waals surface area contributed by atoms with Crippen LogP contribution < -0.4 is 9.64 Å². The smallest absolute Gasteiger partial charge is 0.253 e. The molecule has 0 bridgehead atoms. The predicted octanol–water partition coefficient (Wildman–Crippen LogP) is 6.52. The van der Waals surface area contributed by atoms with Crippen LogP contribution in [0.25, 0.3) is 0 Å². The minimum absolute atomic E-state index is 0.112. The summed E-state index contributed by atoms with van der Waals surface area (Å²) >= 11 is 6.07. The first-order valence-corrected chi connectivity index (χ1v) is 13.5. The predicted molar refractivity (Wildman–Crippen MR) is 152 cm³/mol. The fourth-order valence-corrected chi connectivity index (χ4v) is 5.60. The number of halogens is 1. The lowest BCUT2D eigenvalue weighted by molar-refractivity contribution is 0.0252. The molecule has 2 aliphatic heterocycles. The highest BCUT2D eigenvalue weighted by atomic mass is 35.5. The summed E-state index contributed by atoms with van der Waals surface area (Å²) < 4.78 is 5.94. The molecule has 4 aromatic rings. The third kappa shape index (κ3) is 5.26. The van der Waals surface area contributed by atoms with Crippen molar-refractivity contribution in [1.29, 1.82) is 0 Å². The zero-order valence-electron chi connectivity index (χ0n) is 21.1. The van der Waals surface area contributed by atoms with Crippen LogP contribution in [0.5, 0.6) is 11.5 Å². The van der Waals surface area contributed by atoms with Crippen LogP contribution in [0.15, 0.2) is 109 Å². The molecular weight excluding hydrogens is 494 g/mol. The number of hydrogen-bond donors (Lipinski definition) is 0. The number of carbonyl (C=O) groups is 1. The van der Waals surface area contributed by atoms with Crippen LogP contribution in [0.4, 0.5) is 5.69 Å². The van der Waals surface area contributed by atoms with E-state index in [9.17, 15) is 4.79 Å². The van der Waals surface area contributed by atoms with E-state index < -0.39 is 0 Å². The van der Waals surface area contributed by atoms with Crippen molar-refractivity contribution < 1.29 is 9.53 Å². The van der Waals surface area contributed by atoms with Gasteiger partial charge in [0.25, 0.3) is 5.91 Å². The summed E-state index contributed by atoms with van der Waals surface area (Å²) in [5, 5.41) is 0.657. The second-order valence-corrected chi connectivity index (χ2v) is 10.3. The largest absolute Gasteiger partial charge is 0.457 e. The van der Waals surface area contributed by atoms with Crippen LogP contribution in [0.3, 0.4) is 0 Å². The van der Waals surface area contributed by atoms with Crippen molar-refractivity contribution in [2.75, 3.05) is 37.6 Å². The number of rotatable bonds is 6. The van der Waals surface area contributed by atoms with E-state index >= 15 is 0 Å². The Hall–Kier alpha value is -3.80. The van der Waals surface area contributed by atoms with E-state index in [1.54, 1.807) is 0 Å². The molecule has 5 nitrogen and oxygen atoms in total. The maximum absolute atomic E-state index is 13.2. The fraction of sp³-hybridized carbons (Fsp3) is 0.219. The van der Waals surface area contributed by atoms with E-state index in [-0.39, 0.29) is 11.9 Å². The average Bonchev–Trinajstić information content (AvgIpc) is 2.94. The number of amides is 1. The molecule has 2 heterocycles. The Kier molecular flexibility index (Phi) is 7.04. The van der Waals surface area contributed by atoms with Gasteiger partial charge < -0.3 is 14.5 Å². The Labute approximate surface area is 228 Å². The molecule has 2 saturated heterocycles. The number of hydrogen-bond acceptors (Lipinski definition) is 4. The van der Waals surface area contributed by atoms with Crippen LogP contribution in [-0.2, 0) is 0 Å². The molecule has 1 unspecified atom stereocenters. The molecule has 6 heteroatoms. The average molecular weight is 524 g/mol. The summed E-state index contributed by atoms with van der Waals surface area (Å²) in [6.07, 6.45) is 0. The molecule has 192 valence electrons. The second-order valence-electron chi connectivity index (χ2n) is 9.89. The van der Waals surface area contributed by atoms with Gasteiger partial charge in [-0.3, -0.25) is 9.69 Å². The maximum Gasteiger partial charge on any atom is 0.253 e. The molecule has 0 N–H and O–H groups in total. The van der Waals surface area contributed by atoms with Crippen LogP contribution >= 0.6 is 11.6 Å². The van der Waals surface area contributed by atoms with Gasteiger partial charge in [0.15, 0.2) is 0 Å². The molecule has 1 amide bonds. The van der Waals surface area contributed by atoms with Crippen molar-refractivity contribution >= 4 is 23.2 Å². The van der Waals surface area contributed by atoms with Gasteiger partial charge in [-0.05, 0) is 60.2 Å². The first-order valence-electron chi connectivity index (χ1n) is 13.1. The van der Waals surface area contributed by atoms with Crippen molar-refractivity contribution in [3.63, 3.8) is 0 Å². The fourth-order valence-electron chi connectivity index (χ4n) is 5.42. The lowest BCUT2D eigenvalue weighted by atomic mass is 9.96. The lowest BCUT2D eigenvalue weighted by Crippen LogP contribution is -2.64. The zero-order valence-corrected chi connectivity index (χ0v) is 21.9. The maximum atomic E-state index is 13.2. The van der Waals surface area contributed by atoms with Gasteiger partial charge in [0.05, 0.1) is 6.04 Å². The van der Waals surface area contributed by atoms with Crippen molar-refractivity contribution in [3.8, 4) is 11.5 Å². The Morgan fingerprint density at radius 2 is 1.45 bits per heavy atom. The third-order valence-corrected chi connectivity index (χ3v) is 7.71. The number of carbonyl (C=O) groups excluding carboxylic acids is 1. The molecule has 38 heavy (non-hydrogen) atoms. The number of piperazine rings is 1. The SMILES string of the molecule is O=C(c1ccccc1)N1CCN(C2CN(c3ccc(Oc4cccc(Cl)c4)cc3)C2)C(c2ccccc2)C1. The molecule has 0 aliphatic carbocycles. The summed E-state index contributed by atoms with van der Waals surface area (Å²) in [6.45, 7) is 4.23. The van der Waals surface area contributed by atoms with E-state index in [1.807, 2.05) is 71.6 Å². The van der Waals surface area contributed by atoms with Crippen LogP contribution in [0, 0.1) is 0 Å². The van der Waals surface area contributed by atoms with Crippen LogP contribution in [0.2, 0.25) is 5.02 Å². The second kappa shape index (κ2) is 10.9. The highest BCUT2D eigenvalue weighted by Crippen LogP contribution is 2.34. The summed E-state index contributed by atoms with van der Waals surface area (Å²) in [6, 6.07) is 36.5. The first-order chi connectivity index (χ1) is 18.6. The Balaban J connectivity index is 1.12. The topological polar surface area (TPSA) is 36.0 Å². The molecule has 0 saturated carbocycles. The van der Waals surface area contributed by atoms with Gasteiger partial charge in [0.1, 0.15) is 11.5 Å². The minimum atomic E-state index is 0.112. The van der Waals surface area contributed by atoms with Gasteiger partial charge in [0, 0.05) is 55.0 Å². The van der Waals surface area contributed by atoms with Crippen molar-refractivity contribution in [1.82, 2.24) is 9.80 Å². The van der Waals surface area contributed by atoms with Crippen molar-refractivity contribution in [2.24, 2.45) is 0 Å². The molecule has 1 atom stereocenters. The Morgan fingerprint density at radius 1 is 0.737 bits per heavy atom. The number of benzene rings is 4. The van der Waals surface area contributed by atoms with E-state index in [1.165, 1.54) is 11.3 Å². The summed E-state index contributed by atoms with van der Waals surface area (Å²) in [5.74, 6) is 1.63. The van der Waals surface area contributed by atoms with Crippen molar-refractivity contribution in [2.45, 2.75) is 12.1 Å².